The first-order valence-electron chi connectivity index (χ1n) is 5.67. The Morgan fingerprint density at radius 2 is 1.89 bits per heavy atom. The van der Waals surface area contributed by atoms with E-state index in [1.807, 2.05) is 0 Å². The lowest BCUT2D eigenvalue weighted by Crippen LogP contribution is -2.44. The van der Waals surface area contributed by atoms with Crippen LogP contribution in [0, 0.1) is 10.1 Å². The highest BCUT2D eigenvalue weighted by Gasteiger charge is 2.40. The van der Waals surface area contributed by atoms with Crippen molar-refractivity contribution in [3.63, 3.8) is 0 Å². The Balaban J connectivity index is 3.16. The van der Waals surface area contributed by atoms with Gasteiger partial charge < -0.3 is 4.43 Å². The molecule has 0 amide bonds. The molecule has 100 valence electrons. The second-order valence-electron chi connectivity index (χ2n) is 5.73. The highest BCUT2D eigenvalue weighted by Crippen LogP contribution is 2.40. The Kier molecular flexibility index (Phi) is 4.22. The third-order valence-electron chi connectivity index (χ3n) is 3.29. The second kappa shape index (κ2) is 5.01. The van der Waals surface area contributed by atoms with Crippen molar-refractivity contribution in [3.05, 3.63) is 32.8 Å². The van der Waals surface area contributed by atoms with Crippen molar-refractivity contribution in [3.8, 4) is 5.75 Å². The Hall–Kier alpha value is -0.883. The van der Waals surface area contributed by atoms with Crippen LogP contribution in [0.15, 0.2) is 22.7 Å². The predicted octanol–water partition coefficient (Wildman–Crippen LogP) is 4.74. The van der Waals surface area contributed by atoms with Crippen molar-refractivity contribution in [2.75, 3.05) is 0 Å². The van der Waals surface area contributed by atoms with Gasteiger partial charge in [0.25, 0.3) is 8.32 Å². The highest BCUT2D eigenvalue weighted by atomic mass is 79.9. The van der Waals surface area contributed by atoms with Gasteiger partial charge in [0, 0.05) is 10.5 Å². The van der Waals surface area contributed by atoms with Crippen molar-refractivity contribution in [2.45, 2.75) is 38.9 Å². The van der Waals surface area contributed by atoms with Gasteiger partial charge in [-0.05, 0) is 30.3 Å². The lowest BCUT2D eigenvalue weighted by Gasteiger charge is -2.36. The summed E-state index contributed by atoms with van der Waals surface area (Å²) < 4.78 is 6.67. The number of nitrogens with zero attached hydrogens (tertiary/aromatic N) is 1. The van der Waals surface area contributed by atoms with E-state index in [0.29, 0.717) is 10.2 Å². The van der Waals surface area contributed by atoms with Crippen LogP contribution in [0.5, 0.6) is 5.75 Å². The van der Waals surface area contributed by atoms with E-state index in [2.05, 4.69) is 49.8 Å². The molecule has 0 fully saturated rings. The van der Waals surface area contributed by atoms with Gasteiger partial charge in [-0.2, -0.15) is 0 Å². The van der Waals surface area contributed by atoms with Gasteiger partial charge >= 0.3 is 5.69 Å². The minimum absolute atomic E-state index is 0.00788. The number of halogens is 1. The quantitative estimate of drug-likeness (QED) is 0.456. The summed E-state index contributed by atoms with van der Waals surface area (Å²) in [6, 6.07) is 4.89. The summed E-state index contributed by atoms with van der Waals surface area (Å²) in [5.74, 6) is 0.356. The van der Waals surface area contributed by atoms with Crippen LogP contribution in [0.3, 0.4) is 0 Å². The second-order valence-corrected chi connectivity index (χ2v) is 11.4. The first kappa shape index (κ1) is 15.2. The number of hydrogen-bond acceptors (Lipinski definition) is 3. The van der Waals surface area contributed by atoms with Crippen LogP contribution in [0.2, 0.25) is 18.1 Å². The fraction of sp³-hybridized carbons (Fsp3) is 0.500. The minimum atomic E-state index is -2.06. The lowest BCUT2D eigenvalue weighted by molar-refractivity contribution is -0.385. The highest BCUT2D eigenvalue weighted by molar-refractivity contribution is 9.10. The summed E-state index contributed by atoms with van der Waals surface area (Å²) in [5, 5.41) is 11.0. The largest absolute Gasteiger partial charge is 0.539 e. The number of rotatable bonds is 3. The molecule has 0 heterocycles. The van der Waals surface area contributed by atoms with Crippen LogP contribution >= 0.6 is 15.9 Å². The van der Waals surface area contributed by atoms with Gasteiger partial charge in [0.1, 0.15) is 0 Å². The van der Waals surface area contributed by atoms with Gasteiger partial charge in [-0.1, -0.05) is 36.7 Å². The fourth-order valence-corrected chi connectivity index (χ4v) is 2.53. The average Bonchev–Trinajstić information content (AvgIpc) is 2.18. The van der Waals surface area contributed by atoms with Gasteiger partial charge in [0.2, 0.25) is 0 Å². The number of hydrogen-bond donors (Lipinski definition) is 0. The van der Waals surface area contributed by atoms with Crippen molar-refractivity contribution in [1.29, 1.82) is 0 Å². The third kappa shape index (κ3) is 3.32. The molecule has 1 aromatic carbocycles. The molecule has 0 saturated heterocycles. The molecule has 0 saturated carbocycles. The molecule has 0 aliphatic carbocycles. The zero-order valence-electron chi connectivity index (χ0n) is 11.3. The van der Waals surface area contributed by atoms with Crippen molar-refractivity contribution in [2.24, 2.45) is 0 Å². The predicted molar refractivity (Wildman–Crippen MR) is 78.6 cm³/mol. The Labute approximate surface area is 117 Å². The van der Waals surface area contributed by atoms with Crippen LogP contribution in [0.25, 0.3) is 0 Å². The van der Waals surface area contributed by atoms with E-state index in [1.165, 1.54) is 6.07 Å². The van der Waals surface area contributed by atoms with Crippen LogP contribution in [-0.4, -0.2) is 13.2 Å². The summed E-state index contributed by atoms with van der Waals surface area (Å²) in [7, 11) is -2.06. The molecule has 0 unspecified atom stereocenters. The standard InChI is InChI=1S/C12H18BrNO3Si/c1-12(2,3)18(4,5)17-11-7-6-9(13)8-10(11)14(15)16/h6-8H,1-5H3. The summed E-state index contributed by atoms with van der Waals surface area (Å²) >= 11 is 3.24. The molecule has 0 aromatic heterocycles. The minimum Gasteiger partial charge on any atom is -0.539 e. The molecule has 0 aliphatic heterocycles. The van der Waals surface area contributed by atoms with E-state index in [9.17, 15) is 10.1 Å². The fourth-order valence-electron chi connectivity index (χ4n) is 1.15. The Morgan fingerprint density at radius 1 is 1.33 bits per heavy atom. The SMILES string of the molecule is CC(C)(C)[Si](C)(C)Oc1ccc(Br)cc1[N+](=O)[O-]. The third-order valence-corrected chi connectivity index (χ3v) is 8.12. The Morgan fingerprint density at radius 3 is 2.33 bits per heavy atom. The summed E-state index contributed by atoms with van der Waals surface area (Å²) in [5.41, 5.74) is 0.00852. The van der Waals surface area contributed by atoms with Crippen LogP contribution in [0.4, 0.5) is 5.69 Å². The number of benzene rings is 1. The normalized spacial score (nSPS) is 12.3. The maximum atomic E-state index is 11.0. The van der Waals surface area contributed by atoms with E-state index in [1.54, 1.807) is 12.1 Å². The summed E-state index contributed by atoms with van der Waals surface area (Å²) in [6.07, 6.45) is 0. The molecule has 0 N–H and O–H groups in total. The maximum absolute atomic E-state index is 11.0. The molecule has 0 radical (unpaired) electrons. The summed E-state index contributed by atoms with van der Waals surface area (Å²) in [4.78, 5) is 10.6. The van der Waals surface area contributed by atoms with E-state index in [-0.39, 0.29) is 10.7 Å². The lowest BCUT2D eigenvalue weighted by atomic mass is 10.2. The molecule has 0 spiro atoms. The van der Waals surface area contributed by atoms with Crippen molar-refractivity contribution in [1.82, 2.24) is 0 Å². The first-order chi connectivity index (χ1) is 8.04. The van der Waals surface area contributed by atoms with Gasteiger partial charge in [-0.3, -0.25) is 10.1 Å². The molecule has 0 aliphatic rings. The van der Waals surface area contributed by atoms with E-state index < -0.39 is 13.2 Å². The first-order valence-corrected chi connectivity index (χ1v) is 9.38. The molecule has 18 heavy (non-hydrogen) atoms. The zero-order chi connectivity index (χ0) is 14.1. The molecule has 0 atom stereocenters. The summed E-state index contributed by atoms with van der Waals surface area (Å²) in [6.45, 7) is 10.4. The van der Waals surface area contributed by atoms with Crippen LogP contribution in [-0.2, 0) is 0 Å². The maximum Gasteiger partial charge on any atom is 0.310 e. The van der Waals surface area contributed by atoms with Gasteiger partial charge in [-0.25, -0.2) is 0 Å². The molecule has 1 aromatic rings. The molecular weight excluding hydrogens is 314 g/mol. The van der Waals surface area contributed by atoms with Crippen LogP contribution in [0.1, 0.15) is 20.8 Å². The topological polar surface area (TPSA) is 52.4 Å². The van der Waals surface area contributed by atoms with E-state index >= 15 is 0 Å². The number of nitro groups is 1. The average molecular weight is 332 g/mol. The van der Waals surface area contributed by atoms with Crippen molar-refractivity contribution >= 4 is 29.9 Å². The molecule has 6 heteroatoms. The van der Waals surface area contributed by atoms with Crippen LogP contribution < -0.4 is 4.43 Å². The zero-order valence-corrected chi connectivity index (χ0v) is 13.9. The van der Waals surface area contributed by atoms with E-state index in [4.69, 9.17) is 4.43 Å². The molecule has 0 bridgehead atoms. The molecule has 4 nitrogen and oxygen atoms in total. The van der Waals surface area contributed by atoms with Gasteiger partial charge in [0.05, 0.1) is 4.92 Å². The van der Waals surface area contributed by atoms with Gasteiger partial charge in [0.15, 0.2) is 5.75 Å². The number of nitro benzene ring substituents is 1. The monoisotopic (exact) mass is 331 g/mol. The smallest absolute Gasteiger partial charge is 0.310 e. The molecular formula is C12H18BrNO3Si. The van der Waals surface area contributed by atoms with Gasteiger partial charge in [-0.15, -0.1) is 0 Å². The Bertz CT molecular complexity index is 469. The molecule has 1 rings (SSSR count). The van der Waals surface area contributed by atoms with E-state index in [0.717, 1.165) is 0 Å². The van der Waals surface area contributed by atoms with Crippen molar-refractivity contribution < 1.29 is 9.35 Å².